The maximum absolute atomic E-state index is 13.2. The van der Waals surface area contributed by atoms with Gasteiger partial charge >= 0.3 is 24.0 Å². The number of carbonyl (C=O) groups is 4. The fourth-order valence-corrected chi connectivity index (χ4v) is 3.91. The summed E-state index contributed by atoms with van der Waals surface area (Å²) >= 11 is 0. The standard InChI is InChI=1S/C31H41NO8.ClH/c1-30(2,3)39-28(36)22-13-14-23(24(17-22)18-25(27(34)35)19-26(33)38-7)20-32(29(37)40-31(4,5)6)16-15-21-11-9-8-10-12-21;/h8-14,17,25H,15-16,18-20H2,1-7H3,(H,34,35);1H/t25-;/m0./s1. The normalized spacial score (nSPS) is 12.0. The number of hydrogen-bond acceptors (Lipinski definition) is 7. The number of ether oxygens (including phenoxy) is 3. The Morgan fingerprint density at radius 1 is 0.878 bits per heavy atom. The lowest BCUT2D eigenvalue weighted by Crippen LogP contribution is -2.38. The van der Waals surface area contributed by atoms with Crippen LogP contribution in [-0.4, -0.2) is 58.9 Å². The van der Waals surface area contributed by atoms with E-state index in [2.05, 4.69) is 4.74 Å². The van der Waals surface area contributed by atoms with Crippen molar-refractivity contribution in [1.29, 1.82) is 0 Å². The lowest BCUT2D eigenvalue weighted by atomic mass is 9.91. The first-order valence-corrected chi connectivity index (χ1v) is 13.2. The SMILES string of the molecule is COC(=O)C[C@H](Cc1cc(C(=O)OC(C)(C)C)ccc1CN(CCc1ccccc1)C(=O)OC(C)(C)C)C(=O)O.Cl. The van der Waals surface area contributed by atoms with Crippen molar-refractivity contribution in [3.8, 4) is 0 Å². The van der Waals surface area contributed by atoms with Gasteiger partial charge < -0.3 is 24.2 Å². The van der Waals surface area contributed by atoms with Crippen molar-refractivity contribution in [2.24, 2.45) is 5.92 Å². The maximum atomic E-state index is 13.2. The highest BCUT2D eigenvalue weighted by molar-refractivity contribution is 5.90. The van der Waals surface area contributed by atoms with E-state index in [1.165, 1.54) is 7.11 Å². The number of rotatable bonds is 11. The lowest BCUT2D eigenvalue weighted by Gasteiger charge is -2.28. The third-order valence-electron chi connectivity index (χ3n) is 5.82. The third kappa shape index (κ3) is 12.6. The number of halogens is 1. The van der Waals surface area contributed by atoms with Crippen LogP contribution in [0.2, 0.25) is 0 Å². The van der Waals surface area contributed by atoms with Crippen molar-refractivity contribution >= 4 is 36.4 Å². The summed E-state index contributed by atoms with van der Waals surface area (Å²) in [5.74, 6) is -3.49. The first-order valence-electron chi connectivity index (χ1n) is 13.2. The van der Waals surface area contributed by atoms with Crippen LogP contribution < -0.4 is 0 Å². The van der Waals surface area contributed by atoms with E-state index in [1.54, 1.807) is 64.6 Å². The number of amides is 1. The van der Waals surface area contributed by atoms with Gasteiger partial charge in [-0.1, -0.05) is 36.4 Å². The molecule has 2 aromatic carbocycles. The molecule has 226 valence electrons. The molecule has 0 aromatic heterocycles. The van der Waals surface area contributed by atoms with Crippen LogP contribution in [0.3, 0.4) is 0 Å². The number of carboxylic acids is 1. The molecule has 0 aliphatic carbocycles. The van der Waals surface area contributed by atoms with Crippen LogP contribution in [0, 0.1) is 5.92 Å². The first-order chi connectivity index (χ1) is 18.6. The Morgan fingerprint density at radius 2 is 1.49 bits per heavy atom. The number of hydrogen-bond donors (Lipinski definition) is 1. The number of carboxylic acid groups (broad SMARTS) is 1. The average Bonchev–Trinajstić information content (AvgIpc) is 2.85. The van der Waals surface area contributed by atoms with Crippen LogP contribution in [0.25, 0.3) is 0 Å². The maximum Gasteiger partial charge on any atom is 0.410 e. The zero-order valence-electron chi connectivity index (χ0n) is 24.9. The summed E-state index contributed by atoms with van der Waals surface area (Å²) in [4.78, 5) is 51.5. The van der Waals surface area contributed by atoms with Gasteiger partial charge in [-0.3, -0.25) is 9.59 Å². The van der Waals surface area contributed by atoms with Crippen LogP contribution in [0.5, 0.6) is 0 Å². The van der Waals surface area contributed by atoms with Crippen LogP contribution >= 0.6 is 12.4 Å². The zero-order valence-corrected chi connectivity index (χ0v) is 25.7. The zero-order chi connectivity index (χ0) is 30.1. The van der Waals surface area contributed by atoms with Gasteiger partial charge in [0.1, 0.15) is 11.2 Å². The fraction of sp³-hybridized carbons (Fsp3) is 0.484. The highest BCUT2D eigenvalue weighted by atomic mass is 35.5. The van der Waals surface area contributed by atoms with Gasteiger partial charge in [-0.2, -0.15) is 0 Å². The van der Waals surface area contributed by atoms with Crippen molar-refractivity contribution in [1.82, 2.24) is 4.90 Å². The Kier molecular flexibility index (Phi) is 13.3. The number of nitrogens with zero attached hydrogens (tertiary/aromatic N) is 1. The van der Waals surface area contributed by atoms with Crippen LogP contribution in [0.4, 0.5) is 4.79 Å². The second-order valence-electron chi connectivity index (χ2n) is 11.6. The molecule has 0 radical (unpaired) electrons. The Balaban J connectivity index is 0.00000840. The molecule has 0 fully saturated rings. The van der Waals surface area contributed by atoms with Crippen molar-refractivity contribution in [2.45, 2.75) is 78.6 Å². The molecule has 0 aliphatic rings. The van der Waals surface area contributed by atoms with Crippen molar-refractivity contribution < 1.29 is 38.5 Å². The molecule has 0 saturated heterocycles. The fourth-order valence-electron chi connectivity index (χ4n) is 3.91. The van der Waals surface area contributed by atoms with Gasteiger partial charge in [0.05, 0.1) is 25.0 Å². The number of aliphatic carboxylic acids is 1. The molecule has 2 aromatic rings. The van der Waals surface area contributed by atoms with E-state index in [0.29, 0.717) is 24.1 Å². The molecule has 0 spiro atoms. The molecule has 0 heterocycles. The minimum atomic E-state index is -1.17. The van der Waals surface area contributed by atoms with Crippen LogP contribution in [-0.2, 0) is 43.2 Å². The summed E-state index contributed by atoms with van der Waals surface area (Å²) in [5, 5.41) is 9.83. The first kappa shape index (κ1) is 35.4. The van der Waals surface area contributed by atoms with Crippen LogP contribution in [0.15, 0.2) is 48.5 Å². The summed E-state index contributed by atoms with van der Waals surface area (Å²) in [6, 6.07) is 14.6. The van der Waals surface area contributed by atoms with Gasteiger partial charge in [0, 0.05) is 13.1 Å². The second-order valence-corrected chi connectivity index (χ2v) is 11.6. The molecular weight excluding hydrogens is 550 g/mol. The topological polar surface area (TPSA) is 119 Å². The summed E-state index contributed by atoms with van der Waals surface area (Å²) < 4.78 is 15.8. The number of benzene rings is 2. The van der Waals surface area contributed by atoms with Crippen LogP contribution in [0.1, 0.15) is 75.0 Å². The van der Waals surface area contributed by atoms with E-state index in [-0.39, 0.29) is 37.4 Å². The molecule has 0 aliphatic heterocycles. The third-order valence-corrected chi connectivity index (χ3v) is 5.82. The molecule has 1 amide bonds. The Bertz CT molecular complexity index is 1180. The van der Waals surface area contributed by atoms with Gasteiger partial charge in [-0.05, 0) is 83.2 Å². The van der Waals surface area contributed by atoms with Crippen molar-refractivity contribution in [2.75, 3.05) is 13.7 Å². The van der Waals surface area contributed by atoms with Gasteiger partial charge in [-0.25, -0.2) is 9.59 Å². The molecule has 0 saturated carbocycles. The summed E-state index contributed by atoms with van der Waals surface area (Å²) in [5.41, 5.74) is 0.968. The summed E-state index contributed by atoms with van der Waals surface area (Å²) in [6.45, 7) is 11.1. The molecule has 10 heteroatoms. The number of esters is 2. The van der Waals surface area contributed by atoms with Gasteiger partial charge in [-0.15, -0.1) is 12.4 Å². The highest BCUT2D eigenvalue weighted by Gasteiger charge is 2.27. The second kappa shape index (κ2) is 15.4. The molecule has 0 bridgehead atoms. The smallest absolute Gasteiger partial charge is 0.410 e. The van der Waals surface area contributed by atoms with Gasteiger partial charge in [0.2, 0.25) is 0 Å². The van der Waals surface area contributed by atoms with E-state index in [0.717, 1.165) is 5.56 Å². The lowest BCUT2D eigenvalue weighted by molar-refractivity contribution is -0.149. The van der Waals surface area contributed by atoms with E-state index in [4.69, 9.17) is 9.47 Å². The average molecular weight is 592 g/mol. The van der Waals surface area contributed by atoms with E-state index >= 15 is 0 Å². The molecular formula is C31H42ClNO8. The molecule has 41 heavy (non-hydrogen) atoms. The van der Waals surface area contributed by atoms with E-state index in [9.17, 15) is 24.3 Å². The molecule has 2 rings (SSSR count). The monoisotopic (exact) mass is 591 g/mol. The van der Waals surface area contributed by atoms with Gasteiger partial charge in [0.15, 0.2) is 0 Å². The van der Waals surface area contributed by atoms with E-state index < -0.39 is 41.1 Å². The Morgan fingerprint density at radius 3 is 2.02 bits per heavy atom. The van der Waals surface area contributed by atoms with E-state index in [1.807, 2.05) is 30.3 Å². The molecule has 1 atom stereocenters. The predicted octanol–water partition coefficient (Wildman–Crippen LogP) is 5.85. The van der Waals surface area contributed by atoms with Gasteiger partial charge in [0.25, 0.3) is 0 Å². The molecule has 1 N–H and O–H groups in total. The summed E-state index contributed by atoms with van der Waals surface area (Å²) in [7, 11) is 1.20. The Labute approximate surface area is 248 Å². The summed E-state index contributed by atoms with van der Waals surface area (Å²) in [6.07, 6.45) is -0.343. The molecule has 0 unspecified atom stereocenters. The predicted molar refractivity (Wildman–Crippen MR) is 157 cm³/mol. The quantitative estimate of drug-likeness (QED) is 0.255. The Hall–Kier alpha value is -3.59. The molecule has 9 nitrogen and oxygen atoms in total. The minimum Gasteiger partial charge on any atom is -0.481 e. The highest BCUT2D eigenvalue weighted by Crippen LogP contribution is 2.24. The number of methoxy groups -OCH3 is 1. The van der Waals surface area contributed by atoms with Crippen molar-refractivity contribution in [3.05, 3.63) is 70.8 Å². The van der Waals surface area contributed by atoms with Crippen molar-refractivity contribution in [3.63, 3.8) is 0 Å². The largest absolute Gasteiger partial charge is 0.481 e. The number of carbonyl (C=O) groups excluding carboxylic acids is 3. The minimum absolute atomic E-state index is 0.